The number of rotatable bonds is 11. The molecule has 0 fully saturated rings. The Morgan fingerprint density at radius 3 is 2.38 bits per heavy atom. The molecular formula is C23H30N2O3S. The highest BCUT2D eigenvalue weighted by Crippen LogP contribution is 2.17. The number of nitrogens with one attached hydrogen (secondary N) is 2. The van der Waals surface area contributed by atoms with Crippen LogP contribution in [0.5, 0.6) is 11.5 Å². The highest BCUT2D eigenvalue weighted by Gasteiger charge is 2.09. The van der Waals surface area contributed by atoms with Crippen molar-refractivity contribution in [2.24, 2.45) is 0 Å². The van der Waals surface area contributed by atoms with Crippen LogP contribution in [0, 0.1) is 0 Å². The molecule has 0 aromatic heterocycles. The number of thiocarbonyl (C=S) groups is 1. The van der Waals surface area contributed by atoms with Gasteiger partial charge in [0, 0.05) is 11.3 Å². The number of unbranched alkanes of at least 4 members (excludes halogenated alkanes) is 3. The molecule has 29 heavy (non-hydrogen) atoms. The largest absolute Gasteiger partial charge is 0.494 e. The fraction of sp³-hybridized carbons (Fsp3) is 0.391. The standard InChI is InChI=1S/C23H30N2O3S/c1-3-5-6-7-16-28-20-13-11-19(12-14-20)24-23(29)25-22(26)18-9-8-10-21(17-18)27-15-4-2/h8-14,17H,3-7,15-16H2,1-2H3,(H2,24,25,26,29). The average molecular weight is 415 g/mol. The third-order valence-corrected chi connectivity index (χ3v) is 4.38. The third kappa shape index (κ3) is 8.52. The van der Waals surface area contributed by atoms with E-state index in [-0.39, 0.29) is 11.0 Å². The topological polar surface area (TPSA) is 59.6 Å². The van der Waals surface area contributed by atoms with E-state index in [0.717, 1.165) is 30.9 Å². The van der Waals surface area contributed by atoms with Crippen LogP contribution in [0.15, 0.2) is 48.5 Å². The van der Waals surface area contributed by atoms with Crippen molar-refractivity contribution in [3.63, 3.8) is 0 Å². The molecule has 0 heterocycles. The zero-order valence-corrected chi connectivity index (χ0v) is 18.0. The predicted octanol–water partition coefficient (Wildman–Crippen LogP) is 5.56. The molecule has 5 nitrogen and oxygen atoms in total. The number of hydrogen-bond donors (Lipinski definition) is 2. The monoisotopic (exact) mass is 414 g/mol. The van der Waals surface area contributed by atoms with Gasteiger partial charge in [0.25, 0.3) is 5.91 Å². The van der Waals surface area contributed by atoms with Crippen LogP contribution in [0.3, 0.4) is 0 Å². The maximum atomic E-state index is 12.4. The molecule has 0 atom stereocenters. The SMILES string of the molecule is CCCCCCOc1ccc(NC(=S)NC(=O)c2cccc(OCCC)c2)cc1. The molecule has 0 bridgehead atoms. The number of hydrogen-bond acceptors (Lipinski definition) is 4. The fourth-order valence-electron chi connectivity index (χ4n) is 2.64. The van der Waals surface area contributed by atoms with E-state index in [1.54, 1.807) is 18.2 Å². The Balaban J connectivity index is 1.80. The zero-order chi connectivity index (χ0) is 20.9. The van der Waals surface area contributed by atoms with Crippen LogP contribution in [-0.4, -0.2) is 24.2 Å². The highest BCUT2D eigenvalue weighted by molar-refractivity contribution is 7.80. The first-order valence-corrected chi connectivity index (χ1v) is 10.6. The summed E-state index contributed by atoms with van der Waals surface area (Å²) in [7, 11) is 0. The summed E-state index contributed by atoms with van der Waals surface area (Å²) in [6, 6.07) is 14.6. The van der Waals surface area contributed by atoms with E-state index in [9.17, 15) is 4.79 Å². The van der Waals surface area contributed by atoms with Crippen molar-refractivity contribution in [1.82, 2.24) is 5.32 Å². The lowest BCUT2D eigenvalue weighted by Gasteiger charge is -2.11. The minimum Gasteiger partial charge on any atom is -0.494 e. The average Bonchev–Trinajstić information content (AvgIpc) is 2.73. The van der Waals surface area contributed by atoms with Crippen LogP contribution < -0.4 is 20.1 Å². The van der Waals surface area contributed by atoms with Crippen molar-refractivity contribution < 1.29 is 14.3 Å². The Bertz CT molecular complexity index is 778. The lowest BCUT2D eigenvalue weighted by molar-refractivity contribution is 0.0977. The normalized spacial score (nSPS) is 10.3. The van der Waals surface area contributed by atoms with Gasteiger partial charge in [0.05, 0.1) is 13.2 Å². The van der Waals surface area contributed by atoms with Gasteiger partial charge in [-0.15, -0.1) is 0 Å². The van der Waals surface area contributed by atoms with Crippen LogP contribution in [0.25, 0.3) is 0 Å². The quantitative estimate of drug-likeness (QED) is 0.372. The van der Waals surface area contributed by atoms with Gasteiger partial charge in [-0.2, -0.15) is 0 Å². The van der Waals surface area contributed by atoms with Gasteiger partial charge >= 0.3 is 0 Å². The number of benzene rings is 2. The Morgan fingerprint density at radius 1 is 0.897 bits per heavy atom. The summed E-state index contributed by atoms with van der Waals surface area (Å²) in [4.78, 5) is 12.4. The van der Waals surface area contributed by atoms with Crippen LogP contribution in [0.4, 0.5) is 5.69 Å². The molecule has 0 spiro atoms. The molecule has 2 N–H and O–H groups in total. The molecule has 0 saturated carbocycles. The molecule has 0 aliphatic carbocycles. The molecule has 0 aliphatic heterocycles. The second-order valence-corrected chi connectivity index (χ2v) is 7.13. The maximum absolute atomic E-state index is 12.4. The molecule has 1 amide bonds. The van der Waals surface area contributed by atoms with E-state index in [1.807, 2.05) is 37.3 Å². The summed E-state index contributed by atoms with van der Waals surface area (Å²) in [5, 5.41) is 5.95. The van der Waals surface area contributed by atoms with Gasteiger partial charge in [-0.3, -0.25) is 10.1 Å². The van der Waals surface area contributed by atoms with E-state index in [1.165, 1.54) is 19.3 Å². The van der Waals surface area contributed by atoms with Crippen molar-refractivity contribution in [2.75, 3.05) is 18.5 Å². The first-order valence-electron chi connectivity index (χ1n) is 10.2. The Hall–Kier alpha value is -2.60. The molecule has 2 aromatic rings. The maximum Gasteiger partial charge on any atom is 0.257 e. The third-order valence-electron chi connectivity index (χ3n) is 4.17. The Labute approximate surface area is 178 Å². The van der Waals surface area contributed by atoms with Crippen LogP contribution >= 0.6 is 12.2 Å². The van der Waals surface area contributed by atoms with Gasteiger partial charge in [0.1, 0.15) is 11.5 Å². The first kappa shape index (κ1) is 22.7. The van der Waals surface area contributed by atoms with Gasteiger partial charge in [0.15, 0.2) is 5.11 Å². The summed E-state index contributed by atoms with van der Waals surface area (Å²) >= 11 is 5.25. The van der Waals surface area contributed by atoms with Crippen LogP contribution in [0.1, 0.15) is 56.3 Å². The summed E-state index contributed by atoms with van der Waals surface area (Å²) in [6.45, 7) is 5.57. The molecule has 2 aromatic carbocycles. The van der Waals surface area contributed by atoms with Crippen LogP contribution in [-0.2, 0) is 0 Å². The van der Waals surface area contributed by atoms with Gasteiger partial charge in [-0.25, -0.2) is 0 Å². The van der Waals surface area contributed by atoms with E-state index in [4.69, 9.17) is 21.7 Å². The molecule has 156 valence electrons. The lowest BCUT2D eigenvalue weighted by atomic mass is 10.2. The summed E-state index contributed by atoms with van der Waals surface area (Å²) in [5.41, 5.74) is 1.28. The number of ether oxygens (including phenoxy) is 2. The number of carbonyl (C=O) groups is 1. The van der Waals surface area contributed by atoms with E-state index in [2.05, 4.69) is 17.6 Å². The van der Waals surface area contributed by atoms with E-state index >= 15 is 0 Å². The molecule has 2 rings (SSSR count). The van der Waals surface area contributed by atoms with Gasteiger partial charge in [-0.1, -0.05) is 39.2 Å². The van der Waals surface area contributed by atoms with Gasteiger partial charge in [-0.05, 0) is 67.5 Å². The molecule has 0 radical (unpaired) electrons. The molecule has 0 unspecified atom stereocenters. The predicted molar refractivity (Wildman–Crippen MR) is 122 cm³/mol. The summed E-state index contributed by atoms with van der Waals surface area (Å²) in [5.74, 6) is 1.21. The Kier molecular flexibility index (Phi) is 10.00. The first-order chi connectivity index (χ1) is 14.1. The van der Waals surface area contributed by atoms with E-state index in [0.29, 0.717) is 17.9 Å². The number of amides is 1. The van der Waals surface area contributed by atoms with Gasteiger partial charge in [0.2, 0.25) is 0 Å². The number of carbonyl (C=O) groups excluding carboxylic acids is 1. The zero-order valence-electron chi connectivity index (χ0n) is 17.2. The van der Waals surface area contributed by atoms with Crippen molar-refractivity contribution in [3.8, 4) is 11.5 Å². The summed E-state index contributed by atoms with van der Waals surface area (Å²) < 4.78 is 11.3. The van der Waals surface area contributed by atoms with Gasteiger partial charge < -0.3 is 14.8 Å². The van der Waals surface area contributed by atoms with Crippen molar-refractivity contribution in [1.29, 1.82) is 0 Å². The summed E-state index contributed by atoms with van der Waals surface area (Å²) in [6.07, 6.45) is 5.62. The van der Waals surface area contributed by atoms with Crippen LogP contribution in [0.2, 0.25) is 0 Å². The fourth-order valence-corrected chi connectivity index (χ4v) is 2.85. The second kappa shape index (κ2) is 12.8. The lowest BCUT2D eigenvalue weighted by Crippen LogP contribution is -2.34. The molecule has 0 aliphatic rings. The van der Waals surface area contributed by atoms with Crippen molar-refractivity contribution in [3.05, 3.63) is 54.1 Å². The minimum absolute atomic E-state index is 0.239. The van der Waals surface area contributed by atoms with E-state index < -0.39 is 0 Å². The Morgan fingerprint density at radius 2 is 1.66 bits per heavy atom. The molecule has 6 heteroatoms. The second-order valence-electron chi connectivity index (χ2n) is 6.72. The minimum atomic E-state index is -0.281. The smallest absolute Gasteiger partial charge is 0.257 e. The van der Waals surface area contributed by atoms with Crippen molar-refractivity contribution in [2.45, 2.75) is 46.0 Å². The van der Waals surface area contributed by atoms with Crippen molar-refractivity contribution >= 4 is 28.9 Å². The number of anilines is 1. The molecule has 0 saturated heterocycles. The molecular weight excluding hydrogens is 384 g/mol. The highest BCUT2D eigenvalue weighted by atomic mass is 32.1.